The summed E-state index contributed by atoms with van der Waals surface area (Å²) in [6.45, 7) is 2.27. The summed E-state index contributed by atoms with van der Waals surface area (Å²) in [5, 5.41) is 3.22. The van der Waals surface area contributed by atoms with Crippen LogP contribution in [0.1, 0.15) is 5.56 Å². The largest absolute Gasteiger partial charge is 0.484 e. The van der Waals surface area contributed by atoms with E-state index in [2.05, 4.69) is 10.3 Å². The van der Waals surface area contributed by atoms with Crippen molar-refractivity contribution in [3.63, 3.8) is 0 Å². The molecule has 0 unspecified atom stereocenters. The molecule has 0 spiro atoms. The second-order valence-corrected chi connectivity index (χ2v) is 5.11. The Morgan fingerprint density at radius 1 is 1.45 bits per heavy atom. The SMILES string of the molecule is Cc1cncn(CCNC(=O)COc2cccc(Cl)c2)c1=O. The number of hydrogen-bond donors (Lipinski definition) is 1. The zero-order valence-electron chi connectivity index (χ0n) is 12.1. The number of nitrogens with one attached hydrogen (secondary N) is 1. The molecule has 0 saturated carbocycles. The molecule has 0 aliphatic carbocycles. The van der Waals surface area contributed by atoms with Crippen LogP contribution in [0, 0.1) is 6.92 Å². The molecule has 6 nitrogen and oxygen atoms in total. The molecular weight excluding hydrogens is 306 g/mol. The number of carbonyl (C=O) groups is 1. The van der Waals surface area contributed by atoms with Crippen LogP contribution in [0.2, 0.25) is 5.02 Å². The lowest BCUT2D eigenvalue weighted by atomic mass is 10.3. The number of carbonyl (C=O) groups excluding carboxylic acids is 1. The van der Waals surface area contributed by atoms with E-state index in [-0.39, 0.29) is 18.1 Å². The maximum Gasteiger partial charge on any atom is 0.258 e. The quantitative estimate of drug-likeness (QED) is 0.873. The molecule has 116 valence electrons. The van der Waals surface area contributed by atoms with Gasteiger partial charge in [0.05, 0.1) is 6.33 Å². The molecule has 0 atom stereocenters. The van der Waals surface area contributed by atoms with E-state index in [4.69, 9.17) is 16.3 Å². The predicted octanol–water partition coefficient (Wildman–Crippen LogP) is 1.40. The standard InChI is InChI=1S/C15H16ClN3O3/c1-11-8-17-10-19(15(11)21)6-5-18-14(20)9-22-13-4-2-3-12(16)7-13/h2-4,7-8,10H,5-6,9H2,1H3,(H,18,20). The first-order valence-electron chi connectivity index (χ1n) is 6.72. The number of aryl methyl sites for hydroxylation is 1. The zero-order valence-corrected chi connectivity index (χ0v) is 12.8. The molecule has 7 heteroatoms. The van der Waals surface area contributed by atoms with Crippen LogP contribution in [0.15, 0.2) is 41.6 Å². The summed E-state index contributed by atoms with van der Waals surface area (Å²) in [6.07, 6.45) is 2.96. The molecule has 1 aromatic carbocycles. The number of rotatable bonds is 6. The highest BCUT2D eigenvalue weighted by molar-refractivity contribution is 6.30. The summed E-state index contributed by atoms with van der Waals surface area (Å²) < 4.78 is 6.77. The number of halogens is 1. The van der Waals surface area contributed by atoms with Gasteiger partial charge in [0.25, 0.3) is 11.5 Å². The predicted molar refractivity (Wildman–Crippen MR) is 83.2 cm³/mol. The van der Waals surface area contributed by atoms with Gasteiger partial charge in [-0.05, 0) is 25.1 Å². The molecule has 1 heterocycles. The van der Waals surface area contributed by atoms with Gasteiger partial charge in [0.15, 0.2) is 6.61 Å². The summed E-state index contributed by atoms with van der Waals surface area (Å²) in [4.78, 5) is 27.4. The van der Waals surface area contributed by atoms with E-state index in [0.29, 0.717) is 29.4 Å². The van der Waals surface area contributed by atoms with E-state index in [1.54, 1.807) is 31.2 Å². The maximum absolute atomic E-state index is 11.8. The number of benzene rings is 1. The van der Waals surface area contributed by atoms with Gasteiger partial charge in [-0.1, -0.05) is 17.7 Å². The molecule has 2 aromatic rings. The van der Waals surface area contributed by atoms with Crippen LogP contribution >= 0.6 is 11.6 Å². The third-order valence-corrected chi connectivity index (χ3v) is 3.15. The topological polar surface area (TPSA) is 73.2 Å². The highest BCUT2D eigenvalue weighted by Crippen LogP contribution is 2.16. The Hall–Kier alpha value is -2.34. The van der Waals surface area contributed by atoms with E-state index in [0.717, 1.165) is 0 Å². The number of nitrogens with zero attached hydrogens (tertiary/aromatic N) is 2. The smallest absolute Gasteiger partial charge is 0.258 e. The first-order valence-corrected chi connectivity index (χ1v) is 7.10. The Kier molecular flexibility index (Phi) is 5.55. The van der Waals surface area contributed by atoms with Crippen molar-refractivity contribution < 1.29 is 9.53 Å². The minimum absolute atomic E-state index is 0.110. The van der Waals surface area contributed by atoms with Gasteiger partial charge in [-0.2, -0.15) is 0 Å². The Labute approximate surface area is 132 Å². The highest BCUT2D eigenvalue weighted by atomic mass is 35.5. The third-order valence-electron chi connectivity index (χ3n) is 2.91. The first-order chi connectivity index (χ1) is 10.6. The van der Waals surface area contributed by atoms with Crippen molar-refractivity contribution in [1.29, 1.82) is 0 Å². The molecule has 22 heavy (non-hydrogen) atoms. The number of aromatic nitrogens is 2. The van der Waals surface area contributed by atoms with Crippen LogP contribution in [-0.2, 0) is 11.3 Å². The van der Waals surface area contributed by atoms with Crippen molar-refractivity contribution in [2.24, 2.45) is 0 Å². The number of ether oxygens (including phenoxy) is 1. The number of hydrogen-bond acceptors (Lipinski definition) is 4. The van der Waals surface area contributed by atoms with Gasteiger partial charge < -0.3 is 10.1 Å². The molecule has 1 aromatic heterocycles. The average molecular weight is 322 g/mol. The summed E-state index contributed by atoms with van der Waals surface area (Å²) in [7, 11) is 0. The molecule has 0 bridgehead atoms. The lowest BCUT2D eigenvalue weighted by molar-refractivity contribution is -0.123. The lowest BCUT2D eigenvalue weighted by Crippen LogP contribution is -2.34. The van der Waals surface area contributed by atoms with Crippen LogP contribution in [0.4, 0.5) is 0 Å². The minimum Gasteiger partial charge on any atom is -0.484 e. The molecule has 0 aliphatic rings. The highest BCUT2D eigenvalue weighted by Gasteiger charge is 2.04. The fourth-order valence-electron chi connectivity index (χ4n) is 1.79. The Balaban J connectivity index is 1.76. The fourth-order valence-corrected chi connectivity index (χ4v) is 1.97. The molecule has 1 N–H and O–H groups in total. The van der Waals surface area contributed by atoms with Gasteiger partial charge >= 0.3 is 0 Å². The van der Waals surface area contributed by atoms with E-state index in [1.165, 1.54) is 17.1 Å². The van der Waals surface area contributed by atoms with Gasteiger partial charge in [-0.15, -0.1) is 0 Å². The first kappa shape index (κ1) is 16.0. The van der Waals surface area contributed by atoms with Crippen molar-refractivity contribution in [2.45, 2.75) is 13.5 Å². The molecule has 2 rings (SSSR count). The van der Waals surface area contributed by atoms with Crippen molar-refractivity contribution in [1.82, 2.24) is 14.9 Å². The van der Waals surface area contributed by atoms with Crippen LogP contribution < -0.4 is 15.6 Å². The van der Waals surface area contributed by atoms with Gasteiger partial charge in [0.2, 0.25) is 0 Å². The monoisotopic (exact) mass is 321 g/mol. The Morgan fingerprint density at radius 3 is 3.05 bits per heavy atom. The van der Waals surface area contributed by atoms with Crippen molar-refractivity contribution >= 4 is 17.5 Å². The summed E-state index contributed by atoms with van der Waals surface area (Å²) >= 11 is 5.82. The van der Waals surface area contributed by atoms with Crippen molar-refractivity contribution in [3.8, 4) is 5.75 Å². The summed E-state index contributed by atoms with van der Waals surface area (Å²) in [5.74, 6) is 0.260. The second kappa shape index (κ2) is 7.61. The van der Waals surface area contributed by atoms with E-state index >= 15 is 0 Å². The lowest BCUT2D eigenvalue weighted by Gasteiger charge is -2.09. The summed E-state index contributed by atoms with van der Waals surface area (Å²) in [5.41, 5.74) is 0.456. The van der Waals surface area contributed by atoms with E-state index in [1.807, 2.05) is 0 Å². The van der Waals surface area contributed by atoms with Gasteiger partial charge in [-0.3, -0.25) is 14.2 Å². The summed E-state index contributed by atoms with van der Waals surface area (Å²) in [6, 6.07) is 6.82. The third kappa shape index (κ3) is 4.60. The molecule has 0 saturated heterocycles. The van der Waals surface area contributed by atoms with E-state index < -0.39 is 0 Å². The minimum atomic E-state index is -0.270. The molecular formula is C15H16ClN3O3. The average Bonchev–Trinajstić information content (AvgIpc) is 2.49. The maximum atomic E-state index is 11.8. The van der Waals surface area contributed by atoms with E-state index in [9.17, 15) is 9.59 Å². The van der Waals surface area contributed by atoms with Crippen LogP contribution in [0.25, 0.3) is 0 Å². The van der Waals surface area contributed by atoms with Gasteiger partial charge in [0.1, 0.15) is 5.75 Å². The van der Waals surface area contributed by atoms with Crippen molar-refractivity contribution in [3.05, 3.63) is 57.7 Å². The number of amides is 1. The second-order valence-electron chi connectivity index (χ2n) is 4.67. The van der Waals surface area contributed by atoms with Crippen LogP contribution in [0.5, 0.6) is 5.75 Å². The van der Waals surface area contributed by atoms with Crippen LogP contribution in [-0.4, -0.2) is 28.6 Å². The van der Waals surface area contributed by atoms with Gasteiger partial charge in [-0.25, -0.2) is 4.98 Å². The molecule has 1 amide bonds. The van der Waals surface area contributed by atoms with Gasteiger partial charge in [0, 0.05) is 29.9 Å². The fraction of sp³-hybridized carbons (Fsp3) is 0.267. The zero-order chi connectivity index (χ0) is 15.9. The Morgan fingerprint density at radius 2 is 2.27 bits per heavy atom. The normalized spacial score (nSPS) is 10.3. The molecule has 0 fully saturated rings. The van der Waals surface area contributed by atoms with Crippen LogP contribution in [0.3, 0.4) is 0 Å². The Bertz CT molecular complexity index is 715. The molecule has 0 radical (unpaired) electrons. The van der Waals surface area contributed by atoms with Crippen molar-refractivity contribution in [2.75, 3.05) is 13.2 Å². The molecule has 0 aliphatic heterocycles.